The summed E-state index contributed by atoms with van der Waals surface area (Å²) in [5.74, 6) is 0.401. The minimum absolute atomic E-state index is 0.0967. The summed E-state index contributed by atoms with van der Waals surface area (Å²) in [7, 11) is -3.37. The molecule has 0 bridgehead atoms. The Hall–Kier alpha value is -1.88. The Bertz CT molecular complexity index is 931. The van der Waals surface area contributed by atoms with Crippen LogP contribution in [0.1, 0.15) is 64.2 Å². The van der Waals surface area contributed by atoms with Crippen molar-refractivity contribution in [3.63, 3.8) is 0 Å². The maximum atomic E-state index is 13.5. The van der Waals surface area contributed by atoms with E-state index in [-0.39, 0.29) is 11.7 Å². The number of fused-ring (bicyclic) bond motifs is 1. The fraction of sp³-hybridized carbons (Fsp3) is 0.542. The van der Waals surface area contributed by atoms with E-state index in [0.29, 0.717) is 19.0 Å². The van der Waals surface area contributed by atoms with Crippen LogP contribution in [0.4, 0.5) is 11.4 Å². The molecule has 1 aromatic carbocycles. The normalized spacial score (nSPS) is 14.4. The molecule has 3 rings (SSSR count). The maximum Gasteiger partial charge on any atom is 0.350 e. The van der Waals surface area contributed by atoms with Crippen molar-refractivity contribution in [2.75, 3.05) is 24.4 Å². The van der Waals surface area contributed by atoms with Gasteiger partial charge in [0.15, 0.2) is 0 Å². The van der Waals surface area contributed by atoms with Gasteiger partial charge in [-0.3, -0.25) is 9.55 Å². The first-order valence-corrected chi connectivity index (χ1v) is 12.9. The SMILES string of the molecule is CCOP(=O)(CN(c1ccncc1)c1cc(C(C)(C)C)c(O)c2c1CCCC2)OCC. The summed E-state index contributed by atoms with van der Waals surface area (Å²) in [6.45, 7) is 10.6. The van der Waals surface area contributed by atoms with Crippen LogP contribution in [0.25, 0.3) is 0 Å². The quantitative estimate of drug-likeness (QED) is 0.478. The molecule has 1 aliphatic rings. The molecule has 1 heterocycles. The highest BCUT2D eigenvalue weighted by Crippen LogP contribution is 2.52. The van der Waals surface area contributed by atoms with Crippen LogP contribution in [0.2, 0.25) is 0 Å². The summed E-state index contributed by atoms with van der Waals surface area (Å²) in [6, 6.07) is 5.87. The first-order chi connectivity index (χ1) is 14.7. The first-order valence-electron chi connectivity index (χ1n) is 11.1. The molecule has 170 valence electrons. The van der Waals surface area contributed by atoms with Crippen molar-refractivity contribution in [3.05, 3.63) is 47.3 Å². The van der Waals surface area contributed by atoms with E-state index in [0.717, 1.165) is 53.7 Å². The fourth-order valence-electron chi connectivity index (χ4n) is 4.22. The largest absolute Gasteiger partial charge is 0.507 e. The van der Waals surface area contributed by atoms with Crippen molar-refractivity contribution in [1.29, 1.82) is 0 Å². The van der Waals surface area contributed by atoms with Crippen molar-refractivity contribution in [1.82, 2.24) is 4.98 Å². The van der Waals surface area contributed by atoms with Crippen molar-refractivity contribution in [2.24, 2.45) is 0 Å². The summed E-state index contributed by atoms with van der Waals surface area (Å²) >= 11 is 0. The third-order valence-corrected chi connectivity index (χ3v) is 7.57. The highest BCUT2D eigenvalue weighted by atomic mass is 31.2. The van der Waals surface area contributed by atoms with Crippen LogP contribution < -0.4 is 4.90 Å². The van der Waals surface area contributed by atoms with E-state index < -0.39 is 7.60 Å². The van der Waals surface area contributed by atoms with Crippen LogP contribution in [-0.2, 0) is 31.9 Å². The van der Waals surface area contributed by atoms with Crippen LogP contribution >= 0.6 is 7.60 Å². The summed E-state index contributed by atoms with van der Waals surface area (Å²) in [5, 5.41) is 11.1. The number of nitrogens with zero attached hydrogens (tertiary/aromatic N) is 2. The van der Waals surface area contributed by atoms with E-state index in [2.05, 4.69) is 31.8 Å². The standard InChI is InChI=1S/C24H35N2O4P/c1-6-29-31(28,30-7-2)17-26(18-12-14-25-15-13-18)22-16-21(24(3,4)5)23(27)20-11-9-8-10-19(20)22/h12-16,27H,6-11,17H2,1-5H3. The van der Waals surface area contributed by atoms with Crippen molar-refractivity contribution < 1.29 is 18.7 Å². The molecule has 0 fully saturated rings. The lowest BCUT2D eigenvalue weighted by atomic mass is 9.80. The number of phenolic OH excluding ortho intramolecular Hbond substituents is 1. The fourth-order valence-corrected chi connectivity index (χ4v) is 5.91. The predicted octanol–water partition coefficient (Wildman–Crippen LogP) is 6.33. The van der Waals surface area contributed by atoms with E-state index in [1.54, 1.807) is 12.4 Å². The van der Waals surface area contributed by atoms with Gasteiger partial charge in [0.1, 0.15) is 12.0 Å². The van der Waals surface area contributed by atoms with Gasteiger partial charge in [-0.25, -0.2) is 0 Å². The van der Waals surface area contributed by atoms with Crippen molar-refractivity contribution in [3.8, 4) is 5.75 Å². The molecule has 2 aromatic rings. The van der Waals surface area contributed by atoms with Crippen LogP contribution in [-0.4, -0.2) is 29.6 Å². The van der Waals surface area contributed by atoms with Crippen LogP contribution in [0.15, 0.2) is 30.6 Å². The molecule has 7 heteroatoms. The zero-order valence-corrected chi connectivity index (χ0v) is 20.2. The third kappa shape index (κ3) is 5.31. The molecule has 1 aliphatic carbocycles. The Labute approximate surface area is 186 Å². The molecule has 0 unspecified atom stereocenters. The van der Waals surface area contributed by atoms with Gasteiger partial charge in [0.05, 0.1) is 13.2 Å². The molecule has 0 spiro atoms. The lowest BCUT2D eigenvalue weighted by molar-refractivity contribution is 0.220. The monoisotopic (exact) mass is 446 g/mol. The van der Waals surface area contributed by atoms with Crippen LogP contribution in [0.5, 0.6) is 5.75 Å². The summed E-state index contributed by atoms with van der Waals surface area (Å²) in [4.78, 5) is 6.17. The number of rotatable bonds is 8. The molecule has 0 aliphatic heterocycles. The number of aromatic nitrogens is 1. The van der Waals surface area contributed by atoms with Gasteiger partial charge in [0.25, 0.3) is 0 Å². The molecular weight excluding hydrogens is 411 g/mol. The van der Waals surface area contributed by atoms with Gasteiger partial charge >= 0.3 is 7.60 Å². The average Bonchev–Trinajstić information content (AvgIpc) is 2.73. The van der Waals surface area contributed by atoms with Gasteiger partial charge in [0.2, 0.25) is 0 Å². The second kappa shape index (κ2) is 9.72. The molecule has 0 atom stereocenters. The highest BCUT2D eigenvalue weighted by Gasteiger charge is 2.33. The average molecular weight is 447 g/mol. The Morgan fingerprint density at radius 3 is 2.19 bits per heavy atom. The molecule has 0 saturated carbocycles. The molecule has 6 nitrogen and oxygen atoms in total. The second-order valence-corrected chi connectivity index (χ2v) is 10.9. The Balaban J connectivity index is 2.23. The van der Waals surface area contributed by atoms with Gasteiger partial charge < -0.3 is 19.1 Å². The molecule has 1 aromatic heterocycles. The number of hydrogen-bond donors (Lipinski definition) is 1. The van der Waals surface area contributed by atoms with E-state index >= 15 is 0 Å². The third-order valence-electron chi connectivity index (χ3n) is 5.64. The highest BCUT2D eigenvalue weighted by molar-refractivity contribution is 7.54. The van der Waals surface area contributed by atoms with E-state index in [1.807, 2.05) is 30.9 Å². The maximum absolute atomic E-state index is 13.5. The summed E-state index contributed by atoms with van der Waals surface area (Å²) < 4.78 is 24.8. The molecule has 1 N–H and O–H groups in total. The number of anilines is 2. The molecule has 0 radical (unpaired) electrons. The number of phenols is 1. The lowest BCUT2D eigenvalue weighted by Crippen LogP contribution is -2.25. The Morgan fingerprint density at radius 2 is 1.65 bits per heavy atom. The lowest BCUT2D eigenvalue weighted by Gasteiger charge is -2.34. The molecular formula is C24H35N2O4P. The van der Waals surface area contributed by atoms with Gasteiger partial charge in [-0.05, 0) is 74.3 Å². The van der Waals surface area contributed by atoms with E-state index in [9.17, 15) is 9.67 Å². The molecule has 0 amide bonds. The van der Waals surface area contributed by atoms with Gasteiger partial charge in [-0.2, -0.15) is 0 Å². The molecule has 0 saturated heterocycles. The van der Waals surface area contributed by atoms with Crippen molar-refractivity contribution >= 4 is 19.0 Å². The minimum Gasteiger partial charge on any atom is -0.507 e. The van der Waals surface area contributed by atoms with E-state index in [4.69, 9.17) is 9.05 Å². The summed E-state index contributed by atoms with van der Waals surface area (Å²) in [5.41, 5.74) is 4.61. The van der Waals surface area contributed by atoms with E-state index in [1.165, 1.54) is 0 Å². The second-order valence-electron chi connectivity index (χ2n) is 8.93. The predicted molar refractivity (Wildman–Crippen MR) is 126 cm³/mol. The minimum atomic E-state index is -3.37. The smallest absolute Gasteiger partial charge is 0.350 e. The number of aromatic hydroxyl groups is 1. The van der Waals surface area contributed by atoms with Gasteiger partial charge in [-0.15, -0.1) is 0 Å². The Kier molecular flexibility index (Phi) is 7.46. The van der Waals surface area contributed by atoms with Crippen LogP contribution in [0.3, 0.4) is 0 Å². The summed E-state index contributed by atoms with van der Waals surface area (Å²) in [6.07, 6.45) is 7.39. The number of pyridine rings is 1. The molecule has 31 heavy (non-hydrogen) atoms. The zero-order valence-electron chi connectivity index (χ0n) is 19.4. The van der Waals surface area contributed by atoms with Crippen LogP contribution in [0, 0.1) is 0 Å². The van der Waals surface area contributed by atoms with Gasteiger partial charge in [-0.1, -0.05) is 20.8 Å². The number of hydrogen-bond acceptors (Lipinski definition) is 6. The van der Waals surface area contributed by atoms with Crippen molar-refractivity contribution in [2.45, 2.75) is 65.7 Å². The zero-order chi connectivity index (χ0) is 22.6. The Morgan fingerprint density at radius 1 is 1.06 bits per heavy atom. The first kappa shape index (κ1) is 23.8. The topological polar surface area (TPSA) is 71.9 Å². The number of benzene rings is 1. The van der Waals surface area contributed by atoms with Gasteiger partial charge in [0, 0.05) is 29.3 Å².